The third-order valence-corrected chi connectivity index (χ3v) is 4.53. The predicted molar refractivity (Wildman–Crippen MR) is 89.8 cm³/mol. The fourth-order valence-corrected chi connectivity index (χ4v) is 3.26. The number of hydrogen-bond donors (Lipinski definition) is 1. The number of hydrogen-bond acceptors (Lipinski definition) is 3. The highest BCUT2D eigenvalue weighted by molar-refractivity contribution is 5.93. The van der Waals surface area contributed by atoms with Crippen LogP contribution in [0.3, 0.4) is 0 Å². The van der Waals surface area contributed by atoms with Crippen molar-refractivity contribution in [2.45, 2.75) is 32.7 Å². The molecule has 1 aromatic carbocycles. The highest BCUT2D eigenvalue weighted by atomic mass is 15.1. The van der Waals surface area contributed by atoms with E-state index in [1.54, 1.807) is 0 Å². The molecule has 0 bridgehead atoms. The van der Waals surface area contributed by atoms with Crippen LogP contribution in [-0.4, -0.2) is 30.7 Å². The van der Waals surface area contributed by atoms with Crippen molar-refractivity contribution in [2.75, 3.05) is 24.5 Å². The molecule has 3 heteroatoms. The van der Waals surface area contributed by atoms with Gasteiger partial charge in [-0.25, -0.2) is 0 Å². The maximum Gasteiger partial charge on any atom is 0.0447 e. The summed E-state index contributed by atoms with van der Waals surface area (Å²) in [6.07, 6.45) is 6.28. The van der Waals surface area contributed by atoms with E-state index in [0.717, 1.165) is 19.6 Å². The lowest BCUT2D eigenvalue weighted by Crippen LogP contribution is -2.43. The van der Waals surface area contributed by atoms with E-state index in [4.69, 9.17) is 0 Å². The van der Waals surface area contributed by atoms with E-state index in [-0.39, 0.29) is 0 Å². The first-order chi connectivity index (χ1) is 10.3. The monoisotopic (exact) mass is 283 g/mol. The summed E-state index contributed by atoms with van der Waals surface area (Å²) in [5.41, 5.74) is 1.36. The zero-order valence-corrected chi connectivity index (χ0v) is 13.0. The minimum absolute atomic E-state index is 0.645. The second kappa shape index (κ2) is 6.44. The molecule has 0 radical (unpaired) electrons. The average molecular weight is 283 g/mol. The Morgan fingerprint density at radius 3 is 3.10 bits per heavy atom. The quantitative estimate of drug-likeness (QED) is 0.915. The van der Waals surface area contributed by atoms with Gasteiger partial charge in [-0.2, -0.15) is 0 Å². The first kappa shape index (κ1) is 14.3. The molecule has 0 saturated carbocycles. The zero-order valence-electron chi connectivity index (χ0n) is 13.0. The molecule has 1 N–H and O–H groups in total. The minimum Gasteiger partial charge on any atom is -0.371 e. The van der Waals surface area contributed by atoms with Crippen LogP contribution in [0.25, 0.3) is 10.8 Å². The van der Waals surface area contributed by atoms with E-state index < -0.39 is 0 Å². The number of aromatic nitrogens is 1. The summed E-state index contributed by atoms with van der Waals surface area (Å²) in [4.78, 5) is 6.81. The number of rotatable bonds is 2. The fourth-order valence-electron chi connectivity index (χ4n) is 3.26. The summed E-state index contributed by atoms with van der Waals surface area (Å²) in [6, 6.07) is 9.34. The standard InChI is InChI=1S/C18H25N3/c1-3-16-8-10-21(13-14(2)11-20-16)18-6-4-5-15-12-19-9-7-17(15)18/h4-7,9,12,14,16,20H,3,8,10-11,13H2,1-2H3. The second-order valence-electron chi connectivity index (χ2n) is 6.23. The van der Waals surface area contributed by atoms with Crippen molar-refractivity contribution in [2.24, 2.45) is 5.92 Å². The normalized spacial score (nSPS) is 23.8. The van der Waals surface area contributed by atoms with E-state index in [2.05, 4.69) is 53.3 Å². The molecule has 0 amide bonds. The van der Waals surface area contributed by atoms with Crippen molar-refractivity contribution in [3.63, 3.8) is 0 Å². The van der Waals surface area contributed by atoms with Crippen molar-refractivity contribution in [3.8, 4) is 0 Å². The smallest absolute Gasteiger partial charge is 0.0447 e. The van der Waals surface area contributed by atoms with Crippen molar-refractivity contribution in [1.29, 1.82) is 0 Å². The molecule has 112 valence electrons. The summed E-state index contributed by atoms with van der Waals surface area (Å²) >= 11 is 0. The fraction of sp³-hybridized carbons (Fsp3) is 0.500. The van der Waals surface area contributed by atoms with Crippen LogP contribution in [0.5, 0.6) is 0 Å². The molecule has 1 aliphatic heterocycles. The van der Waals surface area contributed by atoms with Crippen molar-refractivity contribution in [1.82, 2.24) is 10.3 Å². The topological polar surface area (TPSA) is 28.2 Å². The van der Waals surface area contributed by atoms with Crippen LogP contribution >= 0.6 is 0 Å². The highest BCUT2D eigenvalue weighted by Gasteiger charge is 2.19. The predicted octanol–water partition coefficient (Wildman–Crippen LogP) is 3.45. The molecule has 3 rings (SSSR count). The van der Waals surface area contributed by atoms with Crippen LogP contribution in [0, 0.1) is 5.92 Å². The number of pyridine rings is 1. The van der Waals surface area contributed by atoms with Gasteiger partial charge in [0.25, 0.3) is 0 Å². The van der Waals surface area contributed by atoms with Gasteiger partial charge in [-0.1, -0.05) is 26.0 Å². The first-order valence-corrected chi connectivity index (χ1v) is 8.09. The summed E-state index contributed by atoms with van der Waals surface area (Å²) in [5, 5.41) is 6.25. The van der Waals surface area contributed by atoms with E-state index in [0.29, 0.717) is 12.0 Å². The molecule has 2 aromatic rings. The van der Waals surface area contributed by atoms with Gasteiger partial charge in [-0.15, -0.1) is 0 Å². The molecule has 3 nitrogen and oxygen atoms in total. The Morgan fingerprint density at radius 2 is 2.24 bits per heavy atom. The number of fused-ring (bicyclic) bond motifs is 1. The van der Waals surface area contributed by atoms with Gasteiger partial charge in [0.2, 0.25) is 0 Å². The lowest BCUT2D eigenvalue weighted by atomic mass is 10.0. The van der Waals surface area contributed by atoms with Gasteiger partial charge in [0, 0.05) is 48.0 Å². The van der Waals surface area contributed by atoms with Gasteiger partial charge < -0.3 is 10.2 Å². The summed E-state index contributed by atoms with van der Waals surface area (Å²) < 4.78 is 0. The van der Waals surface area contributed by atoms with Crippen LogP contribution < -0.4 is 10.2 Å². The molecular formula is C18H25N3. The molecule has 2 atom stereocenters. The average Bonchev–Trinajstić information content (AvgIpc) is 2.51. The number of benzene rings is 1. The Hall–Kier alpha value is -1.61. The van der Waals surface area contributed by atoms with Gasteiger partial charge in [0.1, 0.15) is 0 Å². The SMILES string of the molecule is CCC1CCN(c2cccc3cnccc23)CC(C)CN1. The molecule has 1 aromatic heterocycles. The molecule has 2 heterocycles. The number of nitrogens with zero attached hydrogens (tertiary/aromatic N) is 2. The van der Waals surface area contributed by atoms with Crippen LogP contribution in [0.4, 0.5) is 5.69 Å². The Bertz CT molecular complexity index is 591. The van der Waals surface area contributed by atoms with Crippen molar-refractivity contribution < 1.29 is 0 Å². The van der Waals surface area contributed by atoms with Crippen LogP contribution in [0.2, 0.25) is 0 Å². The van der Waals surface area contributed by atoms with Crippen molar-refractivity contribution in [3.05, 3.63) is 36.7 Å². The van der Waals surface area contributed by atoms with Crippen LogP contribution in [0.1, 0.15) is 26.7 Å². The maximum atomic E-state index is 4.24. The Kier molecular flexibility index (Phi) is 4.39. The Balaban J connectivity index is 1.92. The van der Waals surface area contributed by atoms with Gasteiger partial charge >= 0.3 is 0 Å². The summed E-state index contributed by atoms with van der Waals surface area (Å²) in [7, 11) is 0. The number of nitrogens with one attached hydrogen (secondary N) is 1. The lowest BCUT2D eigenvalue weighted by Gasteiger charge is -2.34. The molecule has 1 aliphatic rings. The third kappa shape index (κ3) is 3.18. The molecule has 2 unspecified atom stereocenters. The van der Waals surface area contributed by atoms with Gasteiger partial charge in [-0.3, -0.25) is 4.98 Å². The van der Waals surface area contributed by atoms with E-state index in [1.807, 2.05) is 12.4 Å². The molecule has 21 heavy (non-hydrogen) atoms. The minimum atomic E-state index is 0.645. The zero-order chi connectivity index (χ0) is 14.7. The molecule has 0 spiro atoms. The largest absolute Gasteiger partial charge is 0.371 e. The van der Waals surface area contributed by atoms with Crippen LogP contribution in [0.15, 0.2) is 36.7 Å². The third-order valence-electron chi connectivity index (χ3n) is 4.53. The highest BCUT2D eigenvalue weighted by Crippen LogP contribution is 2.27. The summed E-state index contributed by atoms with van der Waals surface area (Å²) in [6.45, 7) is 7.96. The summed E-state index contributed by atoms with van der Waals surface area (Å²) in [5.74, 6) is 0.663. The van der Waals surface area contributed by atoms with Gasteiger partial charge in [0.15, 0.2) is 0 Å². The van der Waals surface area contributed by atoms with Gasteiger partial charge in [0.05, 0.1) is 0 Å². The van der Waals surface area contributed by atoms with E-state index in [9.17, 15) is 0 Å². The molecule has 0 aliphatic carbocycles. The molecule has 1 fully saturated rings. The first-order valence-electron chi connectivity index (χ1n) is 8.09. The van der Waals surface area contributed by atoms with Crippen molar-refractivity contribution >= 4 is 16.5 Å². The molecule has 1 saturated heterocycles. The lowest BCUT2D eigenvalue weighted by molar-refractivity contribution is 0.388. The Morgan fingerprint density at radius 1 is 1.33 bits per heavy atom. The molecular weight excluding hydrogens is 258 g/mol. The van der Waals surface area contributed by atoms with E-state index in [1.165, 1.54) is 29.3 Å². The second-order valence-corrected chi connectivity index (χ2v) is 6.23. The number of anilines is 1. The van der Waals surface area contributed by atoms with Gasteiger partial charge in [-0.05, 0) is 37.4 Å². The van der Waals surface area contributed by atoms with E-state index >= 15 is 0 Å². The maximum absolute atomic E-state index is 4.24. The Labute approximate surface area is 127 Å². The van der Waals surface area contributed by atoms with Crippen LogP contribution in [-0.2, 0) is 0 Å².